The zero-order chi connectivity index (χ0) is 50.0. The molecule has 0 radical (unpaired) electrons. The maximum Gasteiger partial charge on any atom is 0.164 e. The largest absolute Gasteiger partial charge is 0.258 e. The third-order valence-electron chi connectivity index (χ3n) is 15.9. The molecule has 0 bridgehead atoms. The SMILES string of the molecule is Cc1ccc(-c2ccccc2-c2nc(-c3ccc(-c4c(-c5ccccc5)cc(-c5ccccc5)cc4-c4ccccc4)cc3)nc(-c3ccc4c(c3)C3(c5ccccc5C5=CC=CCC53)c3ccccc3-4)n2)c(C)n1. The molecule has 0 fully saturated rings. The third kappa shape index (κ3) is 7.28. The van der Waals surface area contributed by atoms with Crippen LogP contribution in [0.2, 0.25) is 0 Å². The number of aryl methyl sites for hydroxylation is 2. The lowest BCUT2D eigenvalue weighted by atomic mass is 9.65. The highest BCUT2D eigenvalue weighted by molar-refractivity contribution is 5.98. The summed E-state index contributed by atoms with van der Waals surface area (Å²) in [4.78, 5) is 21.2. The third-order valence-corrected chi connectivity index (χ3v) is 15.9. The molecule has 11 aromatic rings. The van der Waals surface area contributed by atoms with Gasteiger partial charge >= 0.3 is 0 Å². The van der Waals surface area contributed by atoms with Crippen molar-refractivity contribution in [1.82, 2.24) is 19.9 Å². The van der Waals surface area contributed by atoms with Gasteiger partial charge in [0.1, 0.15) is 0 Å². The van der Waals surface area contributed by atoms with Crippen LogP contribution in [0.5, 0.6) is 0 Å². The fourth-order valence-electron chi connectivity index (χ4n) is 12.6. The van der Waals surface area contributed by atoms with Gasteiger partial charge in [-0.25, -0.2) is 15.0 Å². The first-order chi connectivity index (χ1) is 37.0. The summed E-state index contributed by atoms with van der Waals surface area (Å²) in [7, 11) is 0. The molecule has 4 heteroatoms. The number of allylic oxidation sites excluding steroid dienone is 4. The van der Waals surface area contributed by atoms with Gasteiger partial charge in [-0.05, 0) is 134 Å². The van der Waals surface area contributed by atoms with E-state index < -0.39 is 0 Å². The van der Waals surface area contributed by atoms with E-state index in [2.05, 4.69) is 256 Å². The topological polar surface area (TPSA) is 51.6 Å². The number of benzene rings is 9. The molecule has 354 valence electrons. The summed E-state index contributed by atoms with van der Waals surface area (Å²) in [5.41, 5.74) is 25.0. The van der Waals surface area contributed by atoms with Gasteiger partial charge in [0.15, 0.2) is 17.5 Å². The van der Waals surface area contributed by atoms with Gasteiger partial charge in [0.2, 0.25) is 0 Å². The summed E-state index contributed by atoms with van der Waals surface area (Å²) in [6, 6.07) is 83.4. The number of hydrogen-bond acceptors (Lipinski definition) is 4. The number of hydrogen-bond donors (Lipinski definition) is 0. The van der Waals surface area contributed by atoms with Gasteiger partial charge in [-0.1, -0.05) is 224 Å². The molecular formula is C71H50N4. The Morgan fingerprint density at radius 1 is 0.347 bits per heavy atom. The minimum Gasteiger partial charge on any atom is -0.258 e. The van der Waals surface area contributed by atoms with Crippen LogP contribution in [-0.4, -0.2) is 19.9 Å². The molecule has 3 aliphatic rings. The normalized spacial score (nSPS) is 15.8. The molecule has 0 N–H and O–H groups in total. The summed E-state index contributed by atoms with van der Waals surface area (Å²) in [6.07, 6.45) is 7.87. The Morgan fingerprint density at radius 3 is 1.52 bits per heavy atom. The number of aromatic nitrogens is 4. The molecule has 0 amide bonds. The number of nitrogens with zero attached hydrogens (tertiary/aromatic N) is 4. The fourth-order valence-corrected chi connectivity index (χ4v) is 12.6. The van der Waals surface area contributed by atoms with Crippen LogP contribution >= 0.6 is 0 Å². The van der Waals surface area contributed by atoms with E-state index in [0.717, 1.165) is 62.3 Å². The summed E-state index contributed by atoms with van der Waals surface area (Å²) in [6.45, 7) is 4.11. The van der Waals surface area contributed by atoms with E-state index in [9.17, 15) is 0 Å². The van der Waals surface area contributed by atoms with Crippen LogP contribution in [0.25, 0.3) is 106 Å². The minimum absolute atomic E-state index is 0.248. The van der Waals surface area contributed by atoms with Crippen molar-refractivity contribution in [3.8, 4) is 101 Å². The molecule has 14 rings (SSSR count). The molecule has 0 saturated carbocycles. The molecule has 2 heterocycles. The predicted octanol–water partition coefficient (Wildman–Crippen LogP) is 17.5. The zero-order valence-electron chi connectivity index (χ0n) is 41.7. The van der Waals surface area contributed by atoms with Gasteiger partial charge in [-0.2, -0.15) is 0 Å². The van der Waals surface area contributed by atoms with Gasteiger partial charge in [-0.3, -0.25) is 4.98 Å². The van der Waals surface area contributed by atoms with Gasteiger partial charge in [0.05, 0.1) is 5.41 Å². The van der Waals surface area contributed by atoms with Crippen molar-refractivity contribution in [3.05, 3.63) is 282 Å². The molecule has 0 aliphatic heterocycles. The molecule has 2 aromatic heterocycles. The maximum absolute atomic E-state index is 5.47. The molecule has 0 saturated heterocycles. The first-order valence-corrected chi connectivity index (χ1v) is 26.0. The highest BCUT2D eigenvalue weighted by Crippen LogP contribution is 2.65. The van der Waals surface area contributed by atoms with Crippen LogP contribution in [0.1, 0.15) is 40.1 Å². The van der Waals surface area contributed by atoms with Crippen LogP contribution in [0, 0.1) is 19.8 Å². The second-order valence-corrected chi connectivity index (χ2v) is 20.1. The van der Waals surface area contributed by atoms with Crippen molar-refractivity contribution in [3.63, 3.8) is 0 Å². The van der Waals surface area contributed by atoms with Crippen molar-refractivity contribution < 1.29 is 0 Å². The fraction of sp³-hybridized carbons (Fsp3) is 0.0704. The number of rotatable bonds is 8. The summed E-state index contributed by atoms with van der Waals surface area (Å²) in [5, 5.41) is 0. The van der Waals surface area contributed by atoms with Crippen LogP contribution in [0.15, 0.2) is 249 Å². The first-order valence-electron chi connectivity index (χ1n) is 26.0. The molecule has 3 aliphatic carbocycles. The van der Waals surface area contributed by atoms with E-state index in [1.54, 1.807) is 0 Å². The average Bonchev–Trinajstić information content (AvgIpc) is 3.95. The van der Waals surface area contributed by atoms with Crippen molar-refractivity contribution in [1.29, 1.82) is 0 Å². The molecule has 4 nitrogen and oxygen atoms in total. The van der Waals surface area contributed by atoms with Gasteiger partial charge in [0.25, 0.3) is 0 Å². The molecule has 9 aromatic carbocycles. The summed E-state index contributed by atoms with van der Waals surface area (Å²) >= 11 is 0. The quantitative estimate of drug-likeness (QED) is 0.152. The summed E-state index contributed by atoms with van der Waals surface area (Å²) < 4.78 is 0. The lowest BCUT2D eigenvalue weighted by Gasteiger charge is -2.36. The van der Waals surface area contributed by atoms with E-state index in [1.165, 1.54) is 66.8 Å². The summed E-state index contributed by atoms with van der Waals surface area (Å²) in [5.74, 6) is 2.09. The monoisotopic (exact) mass is 958 g/mol. The Labute approximate surface area is 438 Å². The van der Waals surface area contributed by atoms with Crippen LogP contribution < -0.4 is 0 Å². The van der Waals surface area contributed by atoms with Gasteiger partial charge < -0.3 is 0 Å². The Balaban J connectivity index is 0.965. The Morgan fingerprint density at radius 2 is 0.853 bits per heavy atom. The van der Waals surface area contributed by atoms with Crippen molar-refractivity contribution in [2.45, 2.75) is 25.7 Å². The predicted molar refractivity (Wildman–Crippen MR) is 308 cm³/mol. The minimum atomic E-state index is -0.372. The number of fused-ring (bicyclic) bond motifs is 10. The lowest BCUT2D eigenvalue weighted by molar-refractivity contribution is 0.495. The lowest BCUT2D eigenvalue weighted by Crippen LogP contribution is -2.32. The highest BCUT2D eigenvalue weighted by Gasteiger charge is 2.56. The first kappa shape index (κ1) is 44.3. The smallest absolute Gasteiger partial charge is 0.164 e. The van der Waals surface area contributed by atoms with Gasteiger partial charge in [-0.15, -0.1) is 0 Å². The molecular weight excluding hydrogens is 909 g/mol. The second-order valence-electron chi connectivity index (χ2n) is 20.1. The van der Waals surface area contributed by atoms with E-state index in [-0.39, 0.29) is 11.3 Å². The van der Waals surface area contributed by atoms with E-state index in [4.69, 9.17) is 19.9 Å². The Hall–Kier alpha value is -9.38. The molecule has 75 heavy (non-hydrogen) atoms. The highest BCUT2D eigenvalue weighted by atomic mass is 15.0. The number of pyridine rings is 1. The van der Waals surface area contributed by atoms with Crippen LogP contribution in [0.3, 0.4) is 0 Å². The molecule has 2 atom stereocenters. The van der Waals surface area contributed by atoms with Crippen LogP contribution in [0.4, 0.5) is 0 Å². The average molecular weight is 959 g/mol. The van der Waals surface area contributed by atoms with Crippen LogP contribution in [-0.2, 0) is 5.41 Å². The Bertz CT molecular complexity index is 4040. The van der Waals surface area contributed by atoms with Crippen molar-refractivity contribution >= 4 is 5.57 Å². The maximum atomic E-state index is 5.47. The van der Waals surface area contributed by atoms with E-state index >= 15 is 0 Å². The standard InChI is InChI=1S/C71H50N4/c1-45-34-40-54(46(2)72-45)55-26-12-13-30-60(55)70-74-68(51-37-35-50(36-38-51)67-61(48-22-8-4-9-23-48)42-53(47-20-6-3-7-21-47)43-62(67)49-24-10-5-11-25-49)73-69(75-70)52-39-41-59-58-29-16-19-33-65(58)71(66(59)44-52)63-31-17-14-27-56(63)57-28-15-18-32-64(57)71/h3-31,33-44,64H,32H2,1-2H3. The molecule has 2 unspecified atom stereocenters. The molecule has 1 spiro atoms. The van der Waals surface area contributed by atoms with Crippen molar-refractivity contribution in [2.24, 2.45) is 5.92 Å². The second kappa shape index (κ2) is 18.0. The zero-order valence-corrected chi connectivity index (χ0v) is 41.7. The Kier molecular flexibility index (Phi) is 10.6. The van der Waals surface area contributed by atoms with Gasteiger partial charge in [0, 0.05) is 39.6 Å². The van der Waals surface area contributed by atoms with E-state index in [0.29, 0.717) is 17.5 Å². The van der Waals surface area contributed by atoms with E-state index in [1.807, 2.05) is 6.92 Å². The van der Waals surface area contributed by atoms with Crippen molar-refractivity contribution in [2.75, 3.05) is 0 Å².